The van der Waals surface area contributed by atoms with Crippen LogP contribution in [0.2, 0.25) is 0 Å². The fourth-order valence-corrected chi connectivity index (χ4v) is 0.799. The molecule has 0 aliphatic heterocycles. The highest BCUT2D eigenvalue weighted by Gasteiger charge is 2.23. The highest BCUT2D eigenvalue weighted by molar-refractivity contribution is 5.84. The predicted octanol–water partition coefficient (Wildman–Crippen LogP) is -2.68. The van der Waals surface area contributed by atoms with Crippen LogP contribution < -0.4 is 9.90 Å². The Labute approximate surface area is 81.5 Å². The van der Waals surface area contributed by atoms with Gasteiger partial charge in [0.25, 0.3) is 0 Å². The first-order chi connectivity index (χ1) is 7.20. The maximum Gasteiger partial charge on any atom is 0.501 e. The van der Waals surface area contributed by atoms with Crippen LogP contribution in [0, 0.1) is 0 Å². The van der Waals surface area contributed by atoms with E-state index in [2.05, 4.69) is 34.8 Å². The lowest BCUT2D eigenvalue weighted by Gasteiger charge is -1.85. The van der Waals surface area contributed by atoms with Gasteiger partial charge in [-0.2, -0.15) is 5.10 Å². The molecule has 0 unspecified atom stereocenters. The Morgan fingerprint density at radius 2 is 2.47 bits per heavy atom. The average molecular weight is 212 g/mol. The summed E-state index contributed by atoms with van der Waals surface area (Å²) in [6, 6.07) is 0. The Hall–Kier alpha value is -2.52. The van der Waals surface area contributed by atoms with Crippen LogP contribution in [-0.2, 0) is 4.74 Å². The lowest BCUT2D eigenvalue weighted by atomic mass is 10.6. The lowest BCUT2D eigenvalue weighted by Crippen LogP contribution is -2.37. The second-order valence-corrected chi connectivity index (χ2v) is 2.30. The van der Waals surface area contributed by atoms with E-state index in [1.54, 1.807) is 0 Å². The molecule has 0 saturated heterocycles. The zero-order valence-electron chi connectivity index (χ0n) is 7.37. The number of aromatic nitrogens is 6. The number of methoxy groups -OCH3 is 1. The Bertz CT molecular complexity index is 489. The number of esters is 1. The van der Waals surface area contributed by atoms with Gasteiger partial charge in [-0.25, -0.2) is 4.79 Å². The van der Waals surface area contributed by atoms with Crippen molar-refractivity contribution < 1.29 is 24.0 Å². The van der Waals surface area contributed by atoms with E-state index in [0.717, 1.165) is 4.80 Å². The predicted molar refractivity (Wildman–Crippen MR) is 36.6 cm³/mol. The van der Waals surface area contributed by atoms with Crippen molar-refractivity contribution in [1.82, 2.24) is 25.6 Å². The van der Waals surface area contributed by atoms with Crippen LogP contribution in [0.4, 0.5) is 0 Å². The molecule has 0 aliphatic carbocycles. The van der Waals surface area contributed by atoms with Gasteiger partial charge in [-0.1, -0.05) is 5.10 Å². The molecule has 2 rings (SSSR count). The van der Waals surface area contributed by atoms with Gasteiger partial charge in [-0.15, -0.1) is 0 Å². The molecule has 0 atom stereocenters. The molecule has 10 heteroatoms. The number of carbonyl (C=O) groups excluding carboxylic acids is 1. The van der Waals surface area contributed by atoms with Crippen LogP contribution in [-0.4, -0.2) is 38.6 Å². The molecule has 0 bridgehead atoms. The molecular formula is C5H4N6O4. The largest absolute Gasteiger partial charge is 0.526 e. The molecule has 78 valence electrons. The van der Waals surface area contributed by atoms with Crippen molar-refractivity contribution in [2.75, 3.05) is 7.11 Å². The van der Waals surface area contributed by atoms with Gasteiger partial charge >= 0.3 is 17.7 Å². The first-order valence-corrected chi connectivity index (χ1v) is 3.65. The molecule has 0 saturated carbocycles. The maximum atomic E-state index is 11.0. The van der Waals surface area contributed by atoms with Gasteiger partial charge in [0.2, 0.25) is 6.08 Å². The molecule has 2 heterocycles. The fourth-order valence-electron chi connectivity index (χ4n) is 0.799. The topological polar surface area (TPSA) is 134 Å². The summed E-state index contributed by atoms with van der Waals surface area (Å²) < 4.78 is 8.53. The van der Waals surface area contributed by atoms with E-state index >= 15 is 0 Å². The van der Waals surface area contributed by atoms with Crippen LogP contribution in [0.15, 0.2) is 4.52 Å². The fraction of sp³-hybridized carbons (Fsp3) is 0.200. The third-order valence-electron chi connectivity index (χ3n) is 1.40. The van der Waals surface area contributed by atoms with Gasteiger partial charge in [0, 0.05) is 9.90 Å². The summed E-state index contributed by atoms with van der Waals surface area (Å²) in [5.41, 5.74) is 0. The summed E-state index contributed by atoms with van der Waals surface area (Å²) in [5.74, 6) is -0.918. The van der Waals surface area contributed by atoms with Gasteiger partial charge < -0.3 is 14.4 Å². The van der Waals surface area contributed by atoms with Gasteiger partial charge in [0.15, 0.2) is 0 Å². The van der Waals surface area contributed by atoms with E-state index in [9.17, 15) is 9.90 Å². The molecule has 15 heavy (non-hydrogen) atoms. The zero-order valence-corrected chi connectivity index (χ0v) is 7.37. The minimum atomic E-state index is -0.889. The molecule has 0 amide bonds. The van der Waals surface area contributed by atoms with Crippen molar-refractivity contribution in [3.05, 3.63) is 5.82 Å². The summed E-state index contributed by atoms with van der Waals surface area (Å²) in [5, 5.41) is 22.9. The van der Waals surface area contributed by atoms with E-state index in [-0.39, 0.29) is 11.8 Å². The molecular weight excluding hydrogens is 208 g/mol. The molecule has 1 N–H and O–H groups in total. The molecule has 0 spiro atoms. The Balaban J connectivity index is 2.31. The van der Waals surface area contributed by atoms with Crippen molar-refractivity contribution in [3.8, 4) is 12.0 Å². The van der Waals surface area contributed by atoms with Gasteiger partial charge in [0.05, 0.1) is 7.11 Å². The van der Waals surface area contributed by atoms with Crippen molar-refractivity contribution in [2.45, 2.75) is 0 Å². The van der Waals surface area contributed by atoms with Crippen LogP contribution in [0.3, 0.4) is 0 Å². The van der Waals surface area contributed by atoms with Crippen LogP contribution >= 0.6 is 0 Å². The Kier molecular flexibility index (Phi) is 2.00. The Morgan fingerprint density at radius 1 is 1.67 bits per heavy atom. The standard InChI is InChI=1S/C5H4N6O4/c1-14-3(12)2-6-4(8-7-2)11-9-5(13)15-10-11/h1H3,(H-,6,7,8,9,10,12,13). The minimum absolute atomic E-state index is 0.0961. The number of nitrogens with zero attached hydrogens (tertiary/aromatic N) is 5. The van der Waals surface area contributed by atoms with Crippen LogP contribution in [0.5, 0.6) is 6.08 Å². The van der Waals surface area contributed by atoms with Gasteiger partial charge in [-0.3, -0.25) is 0 Å². The van der Waals surface area contributed by atoms with Gasteiger partial charge in [-0.05, 0) is 10.3 Å². The number of H-pyrrole nitrogens is 1. The molecule has 2 aromatic heterocycles. The summed E-state index contributed by atoms with van der Waals surface area (Å²) in [6.45, 7) is 0. The molecule has 0 radical (unpaired) electrons. The SMILES string of the molecule is COC(=O)c1nc(-[n+]2noc([O-])n2)n[nH]1. The number of nitrogens with one attached hydrogen (secondary N) is 1. The number of aromatic amines is 1. The van der Waals surface area contributed by atoms with Crippen LogP contribution in [0.25, 0.3) is 5.95 Å². The monoisotopic (exact) mass is 212 g/mol. The minimum Gasteiger partial charge on any atom is -0.526 e. The lowest BCUT2D eigenvalue weighted by molar-refractivity contribution is -0.732. The molecule has 10 nitrogen and oxygen atoms in total. The quantitative estimate of drug-likeness (QED) is 0.420. The third kappa shape index (κ3) is 1.59. The van der Waals surface area contributed by atoms with Crippen LogP contribution in [0.1, 0.15) is 10.6 Å². The summed E-state index contributed by atoms with van der Waals surface area (Å²) in [4.78, 5) is 15.4. The molecule has 0 aromatic carbocycles. The molecule has 2 aromatic rings. The number of hydrogen-bond acceptors (Lipinski definition) is 8. The maximum absolute atomic E-state index is 11.0. The van der Waals surface area contributed by atoms with Crippen molar-refractivity contribution >= 4 is 5.97 Å². The first-order valence-electron chi connectivity index (χ1n) is 3.65. The number of hydrogen-bond donors (Lipinski definition) is 1. The number of rotatable bonds is 2. The summed E-state index contributed by atoms with van der Waals surface area (Å²) >= 11 is 0. The normalized spacial score (nSPS) is 10.2. The highest BCUT2D eigenvalue weighted by atomic mass is 16.6. The summed E-state index contributed by atoms with van der Waals surface area (Å²) in [7, 11) is 1.20. The summed E-state index contributed by atoms with van der Waals surface area (Å²) in [6.07, 6.45) is -0.889. The molecule has 0 fully saturated rings. The van der Waals surface area contributed by atoms with Gasteiger partial charge in [0.1, 0.15) is 0 Å². The van der Waals surface area contributed by atoms with E-state index in [0.29, 0.717) is 0 Å². The number of ether oxygens (including phenoxy) is 1. The first kappa shape index (κ1) is 9.05. The average Bonchev–Trinajstić information content (AvgIpc) is 2.84. The second-order valence-electron chi connectivity index (χ2n) is 2.30. The van der Waals surface area contributed by atoms with Crippen molar-refractivity contribution in [1.29, 1.82) is 0 Å². The highest BCUT2D eigenvalue weighted by Crippen LogP contribution is 1.94. The second kappa shape index (κ2) is 3.32. The molecule has 0 aliphatic rings. The third-order valence-corrected chi connectivity index (χ3v) is 1.40. The van der Waals surface area contributed by atoms with E-state index in [4.69, 9.17) is 0 Å². The Morgan fingerprint density at radius 3 is 3.07 bits per heavy atom. The van der Waals surface area contributed by atoms with Crippen molar-refractivity contribution in [2.24, 2.45) is 0 Å². The smallest absolute Gasteiger partial charge is 0.501 e. The number of carbonyl (C=O) groups is 1. The van der Waals surface area contributed by atoms with E-state index in [1.807, 2.05) is 0 Å². The van der Waals surface area contributed by atoms with Crippen molar-refractivity contribution in [3.63, 3.8) is 0 Å². The zero-order chi connectivity index (χ0) is 10.8. The van der Waals surface area contributed by atoms with E-state index in [1.165, 1.54) is 7.11 Å². The van der Waals surface area contributed by atoms with E-state index < -0.39 is 12.0 Å².